The third-order valence-corrected chi connectivity index (χ3v) is 5.02. The van der Waals surface area contributed by atoms with E-state index < -0.39 is 26.9 Å². The summed E-state index contributed by atoms with van der Waals surface area (Å²) in [6, 6.07) is 3.55. The highest BCUT2D eigenvalue weighted by molar-refractivity contribution is 6.68. The van der Waals surface area contributed by atoms with Gasteiger partial charge in [0.05, 0.1) is 12.2 Å². The smallest absolute Gasteiger partial charge is 0.225 e. The first-order valence-corrected chi connectivity index (χ1v) is 8.42. The number of aliphatic hydroxyl groups is 1. The topological polar surface area (TPSA) is 50.9 Å². The Morgan fingerprint density at radius 1 is 1.32 bits per heavy atom. The van der Waals surface area contributed by atoms with Crippen molar-refractivity contribution in [2.75, 3.05) is 0 Å². The number of hydrogen-bond acceptors (Lipinski definition) is 3. The summed E-state index contributed by atoms with van der Waals surface area (Å²) in [5.74, 6) is -2.12. The highest BCUT2D eigenvalue weighted by Gasteiger charge is 2.54. The van der Waals surface area contributed by atoms with Crippen molar-refractivity contribution in [3.05, 3.63) is 59.4 Å². The normalized spacial score (nSPS) is 15.7. The molecule has 1 aromatic heterocycles. The molecule has 2 unspecified atom stereocenters. The third-order valence-electron chi connectivity index (χ3n) is 4.16. The molecular weight excluding hydrogens is 395 g/mol. The molecule has 25 heavy (non-hydrogen) atoms. The van der Waals surface area contributed by atoms with E-state index in [1.807, 2.05) is 0 Å². The van der Waals surface area contributed by atoms with Crippen LogP contribution in [0, 0.1) is 24.5 Å². The van der Waals surface area contributed by atoms with Gasteiger partial charge in [0.2, 0.25) is 3.79 Å². The van der Waals surface area contributed by atoms with Crippen molar-refractivity contribution in [1.82, 2.24) is 15.0 Å². The van der Waals surface area contributed by atoms with Crippen LogP contribution < -0.4 is 0 Å². The number of rotatable bonds is 5. The lowest BCUT2D eigenvalue weighted by Gasteiger charge is -2.37. The van der Waals surface area contributed by atoms with Crippen molar-refractivity contribution in [2.45, 2.75) is 29.8 Å². The monoisotopic (exact) mass is 409 g/mol. The maximum atomic E-state index is 13.9. The van der Waals surface area contributed by atoms with Gasteiger partial charge in [-0.1, -0.05) is 59.1 Å². The first-order chi connectivity index (χ1) is 11.5. The number of aromatic nitrogens is 3. The molecule has 2 aromatic rings. The molecule has 0 aliphatic heterocycles. The Morgan fingerprint density at radius 2 is 1.88 bits per heavy atom. The Labute approximate surface area is 159 Å². The molecule has 0 bridgehead atoms. The molecule has 1 N–H and O–H groups in total. The van der Waals surface area contributed by atoms with Gasteiger partial charge in [-0.2, -0.15) is 0 Å². The summed E-state index contributed by atoms with van der Waals surface area (Å²) in [5.41, 5.74) is -1.90. The number of hydrogen-bond donors (Lipinski definition) is 1. The van der Waals surface area contributed by atoms with Gasteiger partial charge in [-0.25, -0.2) is 13.5 Å². The lowest BCUT2D eigenvalue weighted by atomic mass is 9.86. The first kappa shape index (κ1) is 20.1. The molecule has 0 aliphatic rings. The molecule has 0 spiro atoms. The van der Waals surface area contributed by atoms with Gasteiger partial charge in [0, 0.05) is 11.5 Å². The van der Waals surface area contributed by atoms with Crippen molar-refractivity contribution in [2.24, 2.45) is 5.92 Å². The molecule has 0 saturated carbocycles. The highest BCUT2D eigenvalue weighted by Crippen LogP contribution is 2.49. The second kappa shape index (κ2) is 7.19. The molecule has 0 saturated heterocycles. The molecule has 2 rings (SSSR count). The summed E-state index contributed by atoms with van der Waals surface area (Å²) >= 11 is 17.9. The van der Waals surface area contributed by atoms with Gasteiger partial charge in [0.15, 0.2) is 5.60 Å². The lowest BCUT2D eigenvalue weighted by molar-refractivity contribution is -0.000439. The van der Waals surface area contributed by atoms with E-state index in [4.69, 9.17) is 34.8 Å². The van der Waals surface area contributed by atoms with Crippen molar-refractivity contribution >= 4 is 34.8 Å². The van der Waals surface area contributed by atoms with Crippen LogP contribution >= 0.6 is 34.8 Å². The predicted molar refractivity (Wildman–Crippen MR) is 93.8 cm³/mol. The molecule has 1 aromatic carbocycles. The summed E-state index contributed by atoms with van der Waals surface area (Å²) in [6.07, 6.45) is 1.41. The fourth-order valence-electron chi connectivity index (χ4n) is 2.47. The average Bonchev–Trinajstić information content (AvgIpc) is 2.89. The second-order valence-electron chi connectivity index (χ2n) is 5.67. The van der Waals surface area contributed by atoms with Crippen LogP contribution in [-0.2, 0) is 12.1 Å². The fraction of sp³-hybridized carbons (Fsp3) is 0.375. The van der Waals surface area contributed by atoms with E-state index in [1.165, 1.54) is 16.8 Å². The van der Waals surface area contributed by atoms with E-state index >= 15 is 0 Å². The van der Waals surface area contributed by atoms with E-state index in [9.17, 15) is 13.9 Å². The minimum atomic E-state index is -2.13. The summed E-state index contributed by atoms with van der Waals surface area (Å²) in [5, 5.41) is 18.8. The SMILES string of the molecule is C=CC(C)C(O)(c1nnn(Cc2c(F)cccc2F)c1C)C(Cl)(Cl)Cl. The Bertz CT molecular complexity index is 771. The molecule has 0 fully saturated rings. The van der Waals surface area contributed by atoms with Gasteiger partial charge >= 0.3 is 0 Å². The van der Waals surface area contributed by atoms with Crippen LogP contribution in [0.25, 0.3) is 0 Å². The van der Waals surface area contributed by atoms with E-state index in [2.05, 4.69) is 16.9 Å². The van der Waals surface area contributed by atoms with Gasteiger partial charge in [0.1, 0.15) is 17.3 Å². The highest BCUT2D eigenvalue weighted by atomic mass is 35.6. The number of halogens is 5. The van der Waals surface area contributed by atoms with Gasteiger partial charge in [0.25, 0.3) is 0 Å². The number of benzene rings is 1. The molecule has 1 heterocycles. The second-order valence-corrected chi connectivity index (χ2v) is 7.95. The molecule has 0 amide bonds. The van der Waals surface area contributed by atoms with Crippen molar-refractivity contribution in [1.29, 1.82) is 0 Å². The minimum Gasteiger partial charge on any atom is -0.378 e. The standard InChI is InChI=1S/C16H16Cl3F2N3O/c1-4-9(2)15(25,16(17,18)19)14-10(3)24(23-22-14)8-11-12(20)6-5-7-13(11)21/h4-7,9,25H,1,8H2,2-3H3. The van der Waals surface area contributed by atoms with Gasteiger partial charge < -0.3 is 5.11 Å². The van der Waals surface area contributed by atoms with E-state index in [1.54, 1.807) is 13.8 Å². The lowest BCUT2D eigenvalue weighted by Crippen LogP contribution is -2.46. The van der Waals surface area contributed by atoms with Crippen LogP contribution in [0.5, 0.6) is 0 Å². The Morgan fingerprint density at radius 3 is 2.36 bits per heavy atom. The van der Waals surface area contributed by atoms with Crippen LogP contribution in [-0.4, -0.2) is 23.9 Å². The van der Waals surface area contributed by atoms with Crippen LogP contribution in [0.1, 0.15) is 23.9 Å². The molecule has 4 nitrogen and oxygen atoms in total. The third kappa shape index (κ3) is 3.53. The van der Waals surface area contributed by atoms with Crippen molar-refractivity contribution in [3.63, 3.8) is 0 Å². The fourth-order valence-corrected chi connectivity index (χ4v) is 3.26. The van der Waals surface area contributed by atoms with Crippen molar-refractivity contribution < 1.29 is 13.9 Å². The Kier molecular flexibility index (Phi) is 5.78. The van der Waals surface area contributed by atoms with Crippen LogP contribution in [0.2, 0.25) is 0 Å². The zero-order chi connectivity index (χ0) is 19.0. The molecule has 2 atom stereocenters. The average molecular weight is 411 g/mol. The van der Waals surface area contributed by atoms with Gasteiger partial charge in [-0.15, -0.1) is 11.7 Å². The maximum absolute atomic E-state index is 13.9. The van der Waals surface area contributed by atoms with Crippen LogP contribution in [0.3, 0.4) is 0 Å². The predicted octanol–water partition coefficient (Wildman–Crippen LogP) is 4.29. The summed E-state index contributed by atoms with van der Waals surface area (Å²) in [7, 11) is 0. The van der Waals surface area contributed by atoms with Gasteiger partial charge in [-0.05, 0) is 19.1 Å². The van der Waals surface area contributed by atoms with Crippen molar-refractivity contribution in [3.8, 4) is 0 Å². The number of alkyl halides is 3. The Balaban J connectivity index is 2.52. The minimum absolute atomic E-state index is 0.00310. The van der Waals surface area contributed by atoms with E-state index in [-0.39, 0.29) is 17.8 Å². The summed E-state index contributed by atoms with van der Waals surface area (Å²) < 4.78 is 26.8. The number of nitrogens with zero attached hydrogens (tertiary/aromatic N) is 3. The van der Waals surface area contributed by atoms with Crippen LogP contribution in [0.15, 0.2) is 30.9 Å². The van der Waals surface area contributed by atoms with E-state index in [0.29, 0.717) is 5.69 Å². The van der Waals surface area contributed by atoms with Crippen LogP contribution in [0.4, 0.5) is 8.78 Å². The zero-order valence-electron chi connectivity index (χ0n) is 13.5. The molecule has 9 heteroatoms. The largest absolute Gasteiger partial charge is 0.378 e. The summed E-state index contributed by atoms with van der Waals surface area (Å²) in [4.78, 5) is 0. The zero-order valence-corrected chi connectivity index (χ0v) is 15.7. The van der Waals surface area contributed by atoms with Gasteiger partial charge in [-0.3, -0.25) is 0 Å². The molecule has 136 valence electrons. The molecule has 0 radical (unpaired) electrons. The summed E-state index contributed by atoms with van der Waals surface area (Å²) in [6.45, 7) is 6.54. The Hall–Kier alpha value is -1.21. The maximum Gasteiger partial charge on any atom is 0.225 e. The first-order valence-electron chi connectivity index (χ1n) is 7.29. The molecule has 0 aliphatic carbocycles. The quantitative estimate of drug-likeness (QED) is 0.591. The van der Waals surface area contributed by atoms with E-state index in [0.717, 1.165) is 12.1 Å². The molecular formula is C16H16Cl3F2N3O.